The van der Waals surface area contributed by atoms with Crippen LogP contribution < -0.4 is 14.8 Å². The van der Waals surface area contributed by atoms with Crippen LogP contribution in [0.25, 0.3) is 0 Å². The number of nitrogens with one attached hydrogen (secondary N) is 1. The van der Waals surface area contributed by atoms with Crippen molar-refractivity contribution in [2.75, 3.05) is 6.54 Å². The quantitative estimate of drug-likeness (QED) is 0.321. The molecule has 1 aromatic heterocycles. The summed E-state index contributed by atoms with van der Waals surface area (Å²) in [4.78, 5) is 8.04. The van der Waals surface area contributed by atoms with Crippen molar-refractivity contribution in [3.8, 4) is 23.3 Å². The van der Waals surface area contributed by atoms with Crippen LogP contribution in [0.1, 0.15) is 17.2 Å². The van der Waals surface area contributed by atoms with Gasteiger partial charge >= 0.3 is 12.2 Å². The van der Waals surface area contributed by atoms with Gasteiger partial charge in [-0.05, 0) is 53.6 Å². The number of benzene rings is 3. The third kappa shape index (κ3) is 6.78. The maximum atomic E-state index is 13.0. The first kappa shape index (κ1) is 24.2. The molecule has 0 fully saturated rings. The highest BCUT2D eigenvalue weighted by Crippen LogP contribution is 2.31. The second-order valence-electron chi connectivity index (χ2n) is 7.59. The predicted molar refractivity (Wildman–Crippen MR) is 123 cm³/mol. The maximum Gasteiger partial charge on any atom is 0.415 e. The van der Waals surface area contributed by atoms with E-state index in [9.17, 15) is 18.3 Å². The molecule has 0 amide bonds. The SMILES string of the molecule is OC(CNC(c1cccc(Oc2ccccc2)c1)c1cccc(Oc2ncccn2)c1)C(F)(F)F. The van der Waals surface area contributed by atoms with Crippen molar-refractivity contribution < 1.29 is 27.8 Å². The summed E-state index contributed by atoms with van der Waals surface area (Å²) >= 11 is 0. The van der Waals surface area contributed by atoms with Gasteiger partial charge in [0.25, 0.3) is 0 Å². The molecule has 180 valence electrons. The van der Waals surface area contributed by atoms with Gasteiger partial charge in [-0.1, -0.05) is 42.5 Å². The lowest BCUT2D eigenvalue weighted by atomic mass is 9.98. The minimum atomic E-state index is -4.74. The largest absolute Gasteiger partial charge is 0.457 e. The Kier molecular flexibility index (Phi) is 7.59. The number of nitrogens with zero attached hydrogens (tertiary/aromatic N) is 2. The summed E-state index contributed by atoms with van der Waals surface area (Å²) in [5, 5.41) is 12.4. The predicted octanol–water partition coefficient (Wildman–Crippen LogP) is 5.66. The van der Waals surface area contributed by atoms with E-state index < -0.39 is 24.9 Å². The van der Waals surface area contributed by atoms with E-state index in [1.165, 1.54) is 12.4 Å². The number of alkyl halides is 3. The number of aliphatic hydroxyl groups is 1. The Morgan fingerprint density at radius 1 is 0.743 bits per heavy atom. The van der Waals surface area contributed by atoms with Crippen LogP contribution in [-0.2, 0) is 0 Å². The summed E-state index contributed by atoms with van der Waals surface area (Å²) in [6.45, 7) is -0.704. The van der Waals surface area contributed by atoms with Crippen LogP contribution in [0.15, 0.2) is 97.3 Å². The average molecular weight is 481 g/mol. The molecule has 4 rings (SSSR count). The first-order valence-corrected chi connectivity index (χ1v) is 10.7. The van der Waals surface area contributed by atoms with Gasteiger partial charge in [0, 0.05) is 18.9 Å². The Morgan fingerprint density at radius 3 is 1.91 bits per heavy atom. The van der Waals surface area contributed by atoms with Crippen LogP contribution in [0.5, 0.6) is 23.3 Å². The summed E-state index contributed by atoms with van der Waals surface area (Å²) in [6.07, 6.45) is -4.20. The number of aromatic nitrogens is 2. The molecule has 0 bridgehead atoms. The molecule has 0 saturated heterocycles. The minimum absolute atomic E-state index is 0.139. The van der Waals surface area contributed by atoms with Crippen LogP contribution in [0.2, 0.25) is 0 Å². The Labute approximate surface area is 200 Å². The zero-order chi connectivity index (χ0) is 24.7. The normalized spacial score (nSPS) is 13.1. The topological polar surface area (TPSA) is 76.5 Å². The number of hydrogen-bond acceptors (Lipinski definition) is 6. The summed E-state index contributed by atoms with van der Waals surface area (Å²) in [5.74, 6) is 1.55. The smallest absolute Gasteiger partial charge is 0.415 e. The van der Waals surface area contributed by atoms with Crippen molar-refractivity contribution in [3.05, 3.63) is 108 Å². The van der Waals surface area contributed by atoms with Crippen molar-refractivity contribution in [2.45, 2.75) is 18.3 Å². The molecular formula is C26H22F3N3O3. The first-order valence-electron chi connectivity index (χ1n) is 10.7. The van der Waals surface area contributed by atoms with E-state index in [0.29, 0.717) is 28.4 Å². The van der Waals surface area contributed by atoms with E-state index in [4.69, 9.17) is 9.47 Å². The van der Waals surface area contributed by atoms with E-state index in [1.54, 1.807) is 66.7 Å². The average Bonchev–Trinajstić information content (AvgIpc) is 2.85. The highest BCUT2D eigenvalue weighted by molar-refractivity contribution is 5.41. The zero-order valence-corrected chi connectivity index (χ0v) is 18.4. The zero-order valence-electron chi connectivity index (χ0n) is 18.4. The Morgan fingerprint density at radius 2 is 1.31 bits per heavy atom. The van der Waals surface area contributed by atoms with Crippen LogP contribution in [0, 0.1) is 0 Å². The van der Waals surface area contributed by atoms with Crippen LogP contribution in [0.3, 0.4) is 0 Å². The number of rotatable bonds is 9. The van der Waals surface area contributed by atoms with Gasteiger partial charge in [-0.15, -0.1) is 0 Å². The number of para-hydroxylation sites is 1. The van der Waals surface area contributed by atoms with Crippen molar-refractivity contribution >= 4 is 0 Å². The van der Waals surface area contributed by atoms with Gasteiger partial charge in [0.15, 0.2) is 6.10 Å². The molecule has 9 heteroatoms. The van der Waals surface area contributed by atoms with Crippen molar-refractivity contribution in [1.82, 2.24) is 15.3 Å². The fraction of sp³-hybridized carbons (Fsp3) is 0.154. The van der Waals surface area contributed by atoms with Gasteiger partial charge in [0.05, 0.1) is 6.04 Å². The molecule has 3 aromatic carbocycles. The summed E-state index contributed by atoms with van der Waals surface area (Å²) in [7, 11) is 0. The fourth-order valence-corrected chi connectivity index (χ4v) is 3.36. The number of aliphatic hydroxyl groups excluding tert-OH is 1. The van der Waals surface area contributed by atoms with E-state index in [0.717, 1.165) is 0 Å². The molecule has 0 aliphatic heterocycles. The van der Waals surface area contributed by atoms with E-state index in [2.05, 4.69) is 15.3 Å². The molecule has 6 nitrogen and oxygen atoms in total. The maximum absolute atomic E-state index is 13.0. The molecule has 2 N–H and O–H groups in total. The lowest BCUT2D eigenvalue weighted by molar-refractivity contribution is -0.202. The summed E-state index contributed by atoms with van der Waals surface area (Å²) < 4.78 is 50.5. The lowest BCUT2D eigenvalue weighted by Gasteiger charge is -2.23. The number of ether oxygens (including phenoxy) is 2. The van der Waals surface area contributed by atoms with Gasteiger partial charge < -0.3 is 19.9 Å². The van der Waals surface area contributed by atoms with Gasteiger partial charge in [-0.2, -0.15) is 13.2 Å². The molecule has 0 aliphatic carbocycles. The molecule has 1 heterocycles. The van der Waals surface area contributed by atoms with E-state index >= 15 is 0 Å². The minimum Gasteiger partial charge on any atom is -0.457 e. The molecule has 0 radical (unpaired) electrons. The van der Waals surface area contributed by atoms with Crippen LogP contribution >= 0.6 is 0 Å². The van der Waals surface area contributed by atoms with Gasteiger partial charge in [0.2, 0.25) is 0 Å². The second-order valence-corrected chi connectivity index (χ2v) is 7.59. The first-order chi connectivity index (χ1) is 16.9. The van der Waals surface area contributed by atoms with Gasteiger partial charge in [-0.3, -0.25) is 0 Å². The van der Waals surface area contributed by atoms with Gasteiger partial charge in [-0.25, -0.2) is 9.97 Å². The van der Waals surface area contributed by atoms with E-state index in [-0.39, 0.29) is 6.01 Å². The highest BCUT2D eigenvalue weighted by atomic mass is 19.4. The molecule has 0 spiro atoms. The van der Waals surface area contributed by atoms with Crippen LogP contribution in [0.4, 0.5) is 13.2 Å². The fourth-order valence-electron chi connectivity index (χ4n) is 3.36. The Hall–Kier alpha value is -3.95. The monoisotopic (exact) mass is 481 g/mol. The lowest BCUT2D eigenvalue weighted by Crippen LogP contribution is -2.40. The Bertz CT molecular complexity index is 1140. The van der Waals surface area contributed by atoms with Gasteiger partial charge in [0.1, 0.15) is 17.2 Å². The molecule has 2 unspecified atom stereocenters. The molecular weight excluding hydrogens is 459 g/mol. The highest BCUT2D eigenvalue weighted by Gasteiger charge is 2.38. The Balaban J connectivity index is 1.63. The van der Waals surface area contributed by atoms with E-state index in [1.807, 2.05) is 18.2 Å². The summed E-state index contributed by atoms with van der Waals surface area (Å²) in [6, 6.07) is 24.1. The molecule has 2 atom stereocenters. The van der Waals surface area contributed by atoms with Crippen molar-refractivity contribution in [1.29, 1.82) is 0 Å². The third-order valence-electron chi connectivity index (χ3n) is 5.01. The van der Waals surface area contributed by atoms with Crippen LogP contribution in [-0.4, -0.2) is 33.9 Å². The van der Waals surface area contributed by atoms with Crippen molar-refractivity contribution in [3.63, 3.8) is 0 Å². The molecule has 35 heavy (non-hydrogen) atoms. The second kappa shape index (κ2) is 11.0. The number of hydrogen-bond donors (Lipinski definition) is 2. The molecule has 0 aliphatic rings. The third-order valence-corrected chi connectivity index (χ3v) is 5.01. The number of halogens is 3. The molecule has 0 saturated carbocycles. The van der Waals surface area contributed by atoms with Crippen molar-refractivity contribution in [2.24, 2.45) is 0 Å². The summed E-state index contributed by atoms with van der Waals surface area (Å²) in [5.41, 5.74) is 1.26. The standard InChI is InChI=1S/C26H22F3N3O3/c27-26(28,29)23(33)17-32-24(18-7-4-11-21(15-18)34-20-9-2-1-3-10-20)19-8-5-12-22(16-19)35-25-30-13-6-14-31-25/h1-16,23-24,32-33H,17H2. The molecule has 4 aromatic rings.